The van der Waals surface area contributed by atoms with Gasteiger partial charge in [0, 0.05) is 9.72 Å². The average Bonchev–Trinajstić information content (AvgIpc) is 2.88. The minimum Gasteiger partial charge on any atom is -0.461 e. The molecule has 1 heterocycles. The van der Waals surface area contributed by atoms with Gasteiger partial charge in [0.15, 0.2) is 0 Å². The molecule has 4 heteroatoms. The van der Waals surface area contributed by atoms with Crippen molar-refractivity contribution < 1.29 is 9.53 Å². The number of esters is 1. The molecular weight excluding hydrogens is 304 g/mol. The molecule has 0 saturated carbocycles. The number of thiophene rings is 1. The van der Waals surface area contributed by atoms with Gasteiger partial charge in [-0.05, 0) is 40.1 Å². The van der Waals surface area contributed by atoms with Gasteiger partial charge in [-0.2, -0.15) is 0 Å². The van der Waals surface area contributed by atoms with Crippen molar-refractivity contribution in [3.05, 3.63) is 70.1 Å². The van der Waals surface area contributed by atoms with Gasteiger partial charge in [-0.25, -0.2) is 0 Å². The van der Waals surface area contributed by atoms with E-state index in [0.29, 0.717) is 11.6 Å². The summed E-state index contributed by atoms with van der Waals surface area (Å²) >= 11 is 7.63. The Kier molecular flexibility index (Phi) is 4.23. The first kappa shape index (κ1) is 14.1. The molecule has 0 atom stereocenters. The zero-order chi connectivity index (χ0) is 14.7. The van der Waals surface area contributed by atoms with E-state index >= 15 is 0 Å². The highest BCUT2D eigenvalue weighted by Gasteiger charge is 2.10. The van der Waals surface area contributed by atoms with Crippen LogP contribution in [0.2, 0.25) is 5.02 Å². The summed E-state index contributed by atoms with van der Waals surface area (Å²) in [6.45, 7) is 0.308. The number of hydrogen-bond donors (Lipinski definition) is 0. The molecule has 0 aliphatic heterocycles. The van der Waals surface area contributed by atoms with E-state index < -0.39 is 0 Å². The summed E-state index contributed by atoms with van der Waals surface area (Å²) < 4.78 is 6.44. The number of carbonyl (C=O) groups is 1. The van der Waals surface area contributed by atoms with Crippen molar-refractivity contribution >= 4 is 39.0 Å². The first-order chi connectivity index (χ1) is 10.2. The van der Waals surface area contributed by atoms with Crippen LogP contribution in [0.15, 0.2) is 53.9 Å². The number of rotatable bonds is 4. The minimum absolute atomic E-state index is 0.224. The zero-order valence-electron chi connectivity index (χ0n) is 11.2. The van der Waals surface area contributed by atoms with Crippen LogP contribution in [-0.4, -0.2) is 5.97 Å². The van der Waals surface area contributed by atoms with Crippen LogP contribution in [0.1, 0.15) is 11.1 Å². The Hall–Kier alpha value is -1.84. The molecule has 0 spiro atoms. The molecule has 0 amide bonds. The molecule has 0 unspecified atom stereocenters. The lowest BCUT2D eigenvalue weighted by Gasteiger charge is -2.04. The Labute approximate surface area is 131 Å². The van der Waals surface area contributed by atoms with Crippen LogP contribution in [-0.2, 0) is 22.6 Å². The number of halogens is 1. The largest absolute Gasteiger partial charge is 0.461 e. The number of fused-ring (bicyclic) bond motifs is 1. The fourth-order valence-corrected chi connectivity index (χ4v) is 3.25. The van der Waals surface area contributed by atoms with Gasteiger partial charge in [0.2, 0.25) is 0 Å². The van der Waals surface area contributed by atoms with Crippen molar-refractivity contribution in [1.82, 2.24) is 0 Å². The second-order valence-corrected chi connectivity index (χ2v) is 6.07. The topological polar surface area (TPSA) is 26.3 Å². The molecule has 0 fully saturated rings. The Bertz CT molecular complexity index is 765. The summed E-state index contributed by atoms with van der Waals surface area (Å²) in [6, 6.07) is 15.4. The summed E-state index contributed by atoms with van der Waals surface area (Å²) in [4.78, 5) is 12.0. The molecule has 0 bridgehead atoms. The first-order valence-electron chi connectivity index (χ1n) is 6.57. The van der Waals surface area contributed by atoms with E-state index in [9.17, 15) is 4.79 Å². The molecule has 2 aromatic carbocycles. The van der Waals surface area contributed by atoms with Gasteiger partial charge in [-0.15, -0.1) is 11.3 Å². The third-order valence-corrected chi connectivity index (χ3v) is 4.44. The van der Waals surface area contributed by atoms with Gasteiger partial charge in [0.1, 0.15) is 6.61 Å². The smallest absolute Gasteiger partial charge is 0.310 e. The molecule has 21 heavy (non-hydrogen) atoms. The number of hydrogen-bond acceptors (Lipinski definition) is 3. The molecule has 0 saturated heterocycles. The molecule has 3 rings (SSSR count). The zero-order valence-corrected chi connectivity index (χ0v) is 12.8. The lowest BCUT2D eigenvalue weighted by Crippen LogP contribution is -2.07. The summed E-state index contributed by atoms with van der Waals surface area (Å²) in [5.74, 6) is -0.224. The van der Waals surface area contributed by atoms with Crippen LogP contribution in [0.3, 0.4) is 0 Å². The van der Waals surface area contributed by atoms with Crippen LogP contribution >= 0.6 is 22.9 Å². The van der Waals surface area contributed by atoms with Crippen LogP contribution in [0, 0.1) is 0 Å². The third-order valence-electron chi connectivity index (χ3n) is 3.19. The SMILES string of the molecule is O=C(Cc1csc2ccc(Cl)cc12)OCc1ccccc1. The molecule has 0 N–H and O–H groups in total. The van der Waals surface area contributed by atoms with Gasteiger partial charge in [-0.1, -0.05) is 41.9 Å². The molecule has 0 aliphatic carbocycles. The lowest BCUT2D eigenvalue weighted by molar-refractivity contribution is -0.144. The van der Waals surface area contributed by atoms with Crippen molar-refractivity contribution in [2.24, 2.45) is 0 Å². The Balaban J connectivity index is 1.67. The Morgan fingerprint density at radius 1 is 1.14 bits per heavy atom. The van der Waals surface area contributed by atoms with Crippen molar-refractivity contribution in [2.45, 2.75) is 13.0 Å². The van der Waals surface area contributed by atoms with Crippen molar-refractivity contribution in [2.75, 3.05) is 0 Å². The van der Waals surface area contributed by atoms with E-state index in [1.54, 1.807) is 11.3 Å². The first-order valence-corrected chi connectivity index (χ1v) is 7.83. The van der Waals surface area contributed by atoms with Gasteiger partial charge < -0.3 is 4.74 Å². The fourth-order valence-electron chi connectivity index (χ4n) is 2.14. The van der Waals surface area contributed by atoms with Crippen LogP contribution in [0.25, 0.3) is 10.1 Å². The maximum atomic E-state index is 12.0. The van der Waals surface area contributed by atoms with E-state index in [0.717, 1.165) is 21.2 Å². The van der Waals surface area contributed by atoms with Gasteiger partial charge >= 0.3 is 5.97 Å². The number of benzene rings is 2. The summed E-state index contributed by atoms with van der Waals surface area (Å²) in [7, 11) is 0. The fraction of sp³-hybridized carbons (Fsp3) is 0.118. The second-order valence-electron chi connectivity index (χ2n) is 4.72. The van der Waals surface area contributed by atoms with Gasteiger partial charge in [0.05, 0.1) is 6.42 Å². The molecule has 106 valence electrons. The monoisotopic (exact) mass is 316 g/mol. The van der Waals surface area contributed by atoms with Crippen molar-refractivity contribution in [3.63, 3.8) is 0 Å². The lowest BCUT2D eigenvalue weighted by atomic mass is 10.1. The summed E-state index contributed by atoms with van der Waals surface area (Å²) in [5.41, 5.74) is 1.96. The maximum absolute atomic E-state index is 12.0. The number of carbonyl (C=O) groups excluding carboxylic acids is 1. The Morgan fingerprint density at radius 3 is 2.76 bits per heavy atom. The third kappa shape index (κ3) is 3.43. The predicted octanol–water partition coefficient (Wildman–Crippen LogP) is 4.84. The quantitative estimate of drug-likeness (QED) is 0.644. The highest BCUT2D eigenvalue weighted by Crippen LogP contribution is 2.29. The molecule has 0 radical (unpaired) electrons. The van der Waals surface area contributed by atoms with Crippen LogP contribution < -0.4 is 0 Å². The van der Waals surface area contributed by atoms with Gasteiger partial charge in [0.25, 0.3) is 0 Å². The highest BCUT2D eigenvalue weighted by atomic mass is 35.5. The molecule has 3 aromatic rings. The standard InChI is InChI=1S/C17H13ClO2S/c18-14-6-7-16-15(9-14)13(11-21-16)8-17(19)20-10-12-4-2-1-3-5-12/h1-7,9,11H,8,10H2. The van der Waals surface area contributed by atoms with Crippen LogP contribution in [0.4, 0.5) is 0 Å². The average molecular weight is 317 g/mol. The van der Waals surface area contributed by atoms with E-state index in [1.807, 2.05) is 53.9 Å². The Morgan fingerprint density at radius 2 is 1.95 bits per heavy atom. The normalized spacial score (nSPS) is 10.7. The summed E-state index contributed by atoms with van der Waals surface area (Å²) in [5, 5.41) is 3.70. The van der Waals surface area contributed by atoms with E-state index in [2.05, 4.69) is 0 Å². The maximum Gasteiger partial charge on any atom is 0.310 e. The highest BCUT2D eigenvalue weighted by molar-refractivity contribution is 7.17. The predicted molar refractivity (Wildman–Crippen MR) is 86.8 cm³/mol. The molecule has 0 aliphatic rings. The van der Waals surface area contributed by atoms with Crippen molar-refractivity contribution in [3.8, 4) is 0 Å². The molecule has 2 nitrogen and oxygen atoms in total. The van der Waals surface area contributed by atoms with Crippen molar-refractivity contribution in [1.29, 1.82) is 0 Å². The summed E-state index contributed by atoms with van der Waals surface area (Å²) in [6.07, 6.45) is 0.271. The van der Waals surface area contributed by atoms with Gasteiger partial charge in [-0.3, -0.25) is 4.79 Å². The van der Waals surface area contributed by atoms with Crippen LogP contribution in [0.5, 0.6) is 0 Å². The van der Waals surface area contributed by atoms with E-state index in [-0.39, 0.29) is 12.4 Å². The second kappa shape index (κ2) is 6.29. The minimum atomic E-state index is -0.224. The molecular formula is C17H13ClO2S. The van der Waals surface area contributed by atoms with E-state index in [4.69, 9.17) is 16.3 Å². The number of ether oxygens (including phenoxy) is 1. The molecule has 1 aromatic heterocycles. The van der Waals surface area contributed by atoms with E-state index in [1.165, 1.54) is 0 Å².